The summed E-state index contributed by atoms with van der Waals surface area (Å²) in [6.45, 7) is 6.00. The van der Waals surface area contributed by atoms with Crippen LogP contribution in [0.15, 0.2) is 12.7 Å². The minimum Gasteiger partial charge on any atom is -0.479 e. The highest BCUT2D eigenvalue weighted by atomic mass is 16.4. The smallest absolute Gasteiger partial charge is 0.331 e. The van der Waals surface area contributed by atoms with Gasteiger partial charge in [0, 0.05) is 0 Å². The lowest BCUT2D eigenvalue weighted by molar-refractivity contribution is -0.149. The highest BCUT2D eigenvalue weighted by molar-refractivity contribution is 5.76. The average molecular weight is 225 g/mol. The molecule has 0 saturated heterocycles. The first kappa shape index (κ1) is 12.7. The molecule has 2 atom stereocenters. The van der Waals surface area contributed by atoms with E-state index in [9.17, 15) is 9.90 Å². The number of aliphatic carboxylic acids is 1. The second kappa shape index (κ2) is 5.09. The van der Waals surface area contributed by atoms with E-state index in [0.29, 0.717) is 18.8 Å². The van der Waals surface area contributed by atoms with Crippen molar-refractivity contribution in [2.75, 3.05) is 0 Å². The van der Waals surface area contributed by atoms with Gasteiger partial charge in [-0.3, -0.25) is 0 Å². The molecule has 0 saturated carbocycles. The van der Waals surface area contributed by atoms with E-state index >= 15 is 0 Å². The Kier molecular flexibility index (Phi) is 4.04. The van der Waals surface area contributed by atoms with Gasteiger partial charge in [-0.2, -0.15) is 5.10 Å². The number of carboxylic acids is 1. The molecule has 0 aliphatic heterocycles. The molecule has 5 nitrogen and oxygen atoms in total. The molecule has 1 rings (SSSR count). The average Bonchev–Trinajstić information content (AvgIpc) is 2.78. The Bertz CT molecular complexity index is 337. The first-order chi connectivity index (χ1) is 7.56. The fraction of sp³-hybridized carbons (Fsp3) is 0.727. The Hall–Kier alpha value is -1.39. The Balaban J connectivity index is 3.05. The Labute approximate surface area is 95.5 Å². The fourth-order valence-electron chi connectivity index (χ4n) is 1.89. The first-order valence-electron chi connectivity index (χ1n) is 5.65. The summed E-state index contributed by atoms with van der Waals surface area (Å²) in [5, 5.41) is 13.4. The number of rotatable bonds is 6. The first-order valence-corrected chi connectivity index (χ1v) is 5.65. The van der Waals surface area contributed by atoms with Crippen LogP contribution in [0.1, 0.15) is 40.0 Å². The zero-order valence-electron chi connectivity index (χ0n) is 10.1. The predicted octanol–water partition coefficient (Wildman–Crippen LogP) is 1.90. The summed E-state index contributed by atoms with van der Waals surface area (Å²) < 4.78 is 1.47. The number of carboxylic acid groups (broad SMARTS) is 1. The Morgan fingerprint density at radius 3 is 2.62 bits per heavy atom. The van der Waals surface area contributed by atoms with E-state index in [1.54, 1.807) is 0 Å². The van der Waals surface area contributed by atoms with Crippen molar-refractivity contribution >= 4 is 5.97 Å². The van der Waals surface area contributed by atoms with Crippen molar-refractivity contribution in [2.24, 2.45) is 5.92 Å². The van der Waals surface area contributed by atoms with Gasteiger partial charge in [0.05, 0.1) is 0 Å². The third-order valence-electron chi connectivity index (χ3n) is 3.22. The molecule has 0 aromatic carbocycles. The maximum atomic E-state index is 11.5. The van der Waals surface area contributed by atoms with Crippen LogP contribution in [0.2, 0.25) is 0 Å². The largest absolute Gasteiger partial charge is 0.479 e. The summed E-state index contributed by atoms with van der Waals surface area (Å²) in [5.41, 5.74) is -0.952. The third-order valence-corrected chi connectivity index (χ3v) is 3.22. The van der Waals surface area contributed by atoms with Gasteiger partial charge in [-0.15, -0.1) is 0 Å². The molecule has 0 aliphatic rings. The van der Waals surface area contributed by atoms with Gasteiger partial charge in [0.15, 0.2) is 5.54 Å². The van der Waals surface area contributed by atoms with Gasteiger partial charge in [-0.25, -0.2) is 14.5 Å². The number of hydrogen-bond acceptors (Lipinski definition) is 3. The summed E-state index contributed by atoms with van der Waals surface area (Å²) in [6, 6.07) is 0. The number of nitrogens with zero attached hydrogens (tertiary/aromatic N) is 3. The van der Waals surface area contributed by atoms with Crippen LogP contribution < -0.4 is 0 Å². The molecular weight excluding hydrogens is 206 g/mol. The van der Waals surface area contributed by atoms with Crippen LogP contribution in [-0.2, 0) is 10.3 Å². The van der Waals surface area contributed by atoms with Crippen LogP contribution in [0.4, 0.5) is 0 Å². The SMILES string of the molecule is CCC(C)CC(CC)(C(=O)O)n1cncn1. The second-order valence-electron chi connectivity index (χ2n) is 4.25. The minimum atomic E-state index is -0.952. The molecule has 16 heavy (non-hydrogen) atoms. The molecule has 0 fully saturated rings. The maximum Gasteiger partial charge on any atom is 0.331 e. The van der Waals surface area contributed by atoms with Crippen molar-refractivity contribution in [3.63, 3.8) is 0 Å². The Morgan fingerprint density at radius 1 is 1.56 bits per heavy atom. The van der Waals surface area contributed by atoms with E-state index in [2.05, 4.69) is 23.9 Å². The molecule has 90 valence electrons. The van der Waals surface area contributed by atoms with E-state index in [-0.39, 0.29) is 0 Å². The van der Waals surface area contributed by atoms with Gasteiger partial charge < -0.3 is 5.11 Å². The summed E-state index contributed by atoms with van der Waals surface area (Å²) in [6.07, 6.45) is 4.92. The van der Waals surface area contributed by atoms with Crippen LogP contribution in [0.3, 0.4) is 0 Å². The topological polar surface area (TPSA) is 68.0 Å². The van der Waals surface area contributed by atoms with Crippen LogP contribution in [-0.4, -0.2) is 25.8 Å². The lowest BCUT2D eigenvalue weighted by Gasteiger charge is -2.30. The lowest BCUT2D eigenvalue weighted by Crippen LogP contribution is -2.43. The number of aromatic nitrogens is 3. The van der Waals surface area contributed by atoms with Crippen molar-refractivity contribution in [1.29, 1.82) is 0 Å². The molecule has 0 amide bonds. The van der Waals surface area contributed by atoms with Crippen molar-refractivity contribution in [3.8, 4) is 0 Å². The quantitative estimate of drug-likeness (QED) is 0.803. The highest BCUT2D eigenvalue weighted by Gasteiger charge is 2.40. The molecule has 2 unspecified atom stereocenters. The van der Waals surface area contributed by atoms with Crippen LogP contribution >= 0.6 is 0 Å². The normalized spacial score (nSPS) is 16.7. The summed E-state index contributed by atoms with van der Waals surface area (Å²) in [7, 11) is 0. The molecule has 5 heteroatoms. The molecule has 1 heterocycles. The lowest BCUT2D eigenvalue weighted by atomic mass is 9.85. The van der Waals surface area contributed by atoms with Gasteiger partial charge in [0.2, 0.25) is 0 Å². The molecule has 1 aromatic heterocycles. The van der Waals surface area contributed by atoms with Crippen LogP contribution in [0, 0.1) is 5.92 Å². The standard InChI is InChI=1S/C11H19N3O2/c1-4-9(3)6-11(5-2,10(15)16)14-8-12-7-13-14/h7-9H,4-6H2,1-3H3,(H,15,16). The zero-order chi connectivity index (χ0) is 12.2. The van der Waals surface area contributed by atoms with Gasteiger partial charge in [-0.1, -0.05) is 27.2 Å². The van der Waals surface area contributed by atoms with Crippen molar-refractivity contribution in [2.45, 2.75) is 45.6 Å². The minimum absolute atomic E-state index is 0.347. The highest BCUT2D eigenvalue weighted by Crippen LogP contribution is 2.29. The predicted molar refractivity (Wildman–Crippen MR) is 60.0 cm³/mol. The van der Waals surface area contributed by atoms with Crippen molar-refractivity contribution in [1.82, 2.24) is 14.8 Å². The molecule has 1 N–H and O–H groups in total. The van der Waals surface area contributed by atoms with E-state index < -0.39 is 11.5 Å². The van der Waals surface area contributed by atoms with Gasteiger partial charge in [0.25, 0.3) is 0 Å². The van der Waals surface area contributed by atoms with Gasteiger partial charge >= 0.3 is 5.97 Å². The van der Waals surface area contributed by atoms with E-state index in [1.807, 2.05) is 6.92 Å². The molecule has 1 aromatic rings. The zero-order valence-corrected chi connectivity index (χ0v) is 10.1. The molecule has 0 spiro atoms. The summed E-state index contributed by atoms with van der Waals surface area (Å²) >= 11 is 0. The van der Waals surface area contributed by atoms with Crippen molar-refractivity contribution < 1.29 is 9.90 Å². The third kappa shape index (κ3) is 2.23. The van der Waals surface area contributed by atoms with Crippen molar-refractivity contribution in [3.05, 3.63) is 12.7 Å². The van der Waals surface area contributed by atoms with E-state index in [1.165, 1.54) is 17.3 Å². The monoisotopic (exact) mass is 225 g/mol. The molecular formula is C11H19N3O2. The summed E-state index contributed by atoms with van der Waals surface area (Å²) in [5.74, 6) is -0.485. The van der Waals surface area contributed by atoms with Gasteiger partial charge in [0.1, 0.15) is 12.7 Å². The fourth-order valence-corrected chi connectivity index (χ4v) is 1.89. The number of hydrogen-bond donors (Lipinski definition) is 1. The van der Waals surface area contributed by atoms with Crippen LogP contribution in [0.25, 0.3) is 0 Å². The molecule has 0 radical (unpaired) electrons. The summed E-state index contributed by atoms with van der Waals surface area (Å²) in [4.78, 5) is 15.4. The second-order valence-corrected chi connectivity index (χ2v) is 4.25. The Morgan fingerprint density at radius 2 is 2.25 bits per heavy atom. The molecule has 0 aliphatic carbocycles. The number of carbonyl (C=O) groups is 1. The van der Waals surface area contributed by atoms with E-state index in [4.69, 9.17) is 0 Å². The van der Waals surface area contributed by atoms with Gasteiger partial charge in [-0.05, 0) is 18.8 Å². The maximum absolute atomic E-state index is 11.5. The molecule has 0 bridgehead atoms. The van der Waals surface area contributed by atoms with E-state index in [0.717, 1.165) is 6.42 Å². The van der Waals surface area contributed by atoms with Crippen LogP contribution in [0.5, 0.6) is 0 Å².